The van der Waals surface area contributed by atoms with Crippen molar-refractivity contribution in [3.63, 3.8) is 0 Å². The van der Waals surface area contributed by atoms with E-state index in [1.165, 1.54) is 5.56 Å². The van der Waals surface area contributed by atoms with E-state index >= 15 is 0 Å². The number of pyridine rings is 2. The average molecular weight is 390 g/mol. The van der Waals surface area contributed by atoms with E-state index in [0.717, 1.165) is 44.1 Å². The van der Waals surface area contributed by atoms with Crippen molar-refractivity contribution in [1.82, 2.24) is 24.4 Å². The van der Waals surface area contributed by atoms with Crippen LogP contribution in [0.5, 0.6) is 0 Å². The van der Waals surface area contributed by atoms with Gasteiger partial charge in [-0.3, -0.25) is 9.78 Å². The van der Waals surface area contributed by atoms with Crippen molar-refractivity contribution in [2.24, 2.45) is 0 Å². The van der Waals surface area contributed by atoms with Crippen molar-refractivity contribution in [3.8, 4) is 0 Å². The molecular weight excluding hydrogens is 364 g/mol. The topological polar surface area (TPSA) is 67.2 Å². The molecule has 0 N–H and O–H groups in total. The fraction of sp³-hybridized carbons (Fsp3) is 0.364. The Labute approximate surface area is 171 Å². The number of piperidine rings is 1. The molecule has 1 aliphatic heterocycles. The summed E-state index contributed by atoms with van der Waals surface area (Å²) in [5.74, 6) is 2.34. The number of carbonyl (C=O) groups is 1. The Bertz CT molecular complexity index is 951. The van der Waals surface area contributed by atoms with Gasteiger partial charge in [-0.2, -0.15) is 0 Å². The number of aromatic nitrogens is 4. The molecule has 0 spiro atoms. The Morgan fingerprint density at radius 2 is 2.07 bits per heavy atom. The van der Waals surface area contributed by atoms with Crippen molar-refractivity contribution in [2.45, 2.75) is 25.3 Å². The Balaban J connectivity index is 1.48. The van der Waals surface area contributed by atoms with Crippen LogP contribution in [0.15, 0.2) is 55.2 Å². The molecule has 1 fully saturated rings. The van der Waals surface area contributed by atoms with Crippen molar-refractivity contribution in [2.75, 3.05) is 32.1 Å². The standard InChI is InChI=1S/C22H26N6O/c1-26(2)22(29)18-7-8-20(25-14-18)27-11-4-6-19(16-27)21-24-10-12-28(21)15-17-5-3-9-23-13-17/h3,5,7-10,12-14,19H,4,6,11,15-16H2,1-2H3. The molecule has 3 aromatic heterocycles. The number of hydrogen-bond donors (Lipinski definition) is 0. The first-order valence-electron chi connectivity index (χ1n) is 9.94. The Morgan fingerprint density at radius 3 is 2.79 bits per heavy atom. The fourth-order valence-electron chi connectivity index (χ4n) is 3.86. The van der Waals surface area contributed by atoms with Crippen molar-refractivity contribution < 1.29 is 4.79 Å². The minimum atomic E-state index is -0.0296. The second-order valence-electron chi connectivity index (χ2n) is 7.66. The molecule has 29 heavy (non-hydrogen) atoms. The lowest BCUT2D eigenvalue weighted by Gasteiger charge is -2.33. The van der Waals surface area contributed by atoms with Gasteiger partial charge in [-0.1, -0.05) is 6.07 Å². The molecule has 0 aromatic carbocycles. The Hall–Kier alpha value is -3.22. The van der Waals surface area contributed by atoms with Crippen molar-refractivity contribution in [1.29, 1.82) is 0 Å². The highest BCUT2D eigenvalue weighted by molar-refractivity contribution is 5.93. The normalized spacial score (nSPS) is 16.6. The zero-order valence-corrected chi connectivity index (χ0v) is 16.9. The van der Waals surface area contributed by atoms with Gasteiger partial charge >= 0.3 is 0 Å². The van der Waals surface area contributed by atoms with Crippen LogP contribution in [0.2, 0.25) is 0 Å². The van der Waals surface area contributed by atoms with Gasteiger partial charge in [0, 0.05) is 64.1 Å². The van der Waals surface area contributed by atoms with Crippen LogP contribution in [-0.4, -0.2) is 57.5 Å². The lowest BCUT2D eigenvalue weighted by Crippen LogP contribution is -2.36. The molecule has 4 heterocycles. The second-order valence-corrected chi connectivity index (χ2v) is 7.66. The highest BCUT2D eigenvalue weighted by Gasteiger charge is 2.25. The zero-order valence-electron chi connectivity index (χ0n) is 16.9. The maximum Gasteiger partial charge on any atom is 0.254 e. The summed E-state index contributed by atoms with van der Waals surface area (Å²) >= 11 is 0. The summed E-state index contributed by atoms with van der Waals surface area (Å²) in [6, 6.07) is 7.86. The van der Waals surface area contributed by atoms with Crippen LogP contribution in [0.1, 0.15) is 40.5 Å². The van der Waals surface area contributed by atoms with Gasteiger partial charge < -0.3 is 14.4 Å². The lowest BCUT2D eigenvalue weighted by atomic mass is 9.97. The summed E-state index contributed by atoms with van der Waals surface area (Å²) in [4.78, 5) is 29.4. The quantitative estimate of drug-likeness (QED) is 0.670. The summed E-state index contributed by atoms with van der Waals surface area (Å²) in [7, 11) is 3.50. The SMILES string of the molecule is CN(C)C(=O)c1ccc(N2CCCC(c3nccn3Cc3cccnc3)C2)nc1. The van der Waals surface area contributed by atoms with Gasteiger partial charge in [0.05, 0.1) is 12.1 Å². The number of carbonyl (C=O) groups excluding carboxylic acids is 1. The minimum Gasteiger partial charge on any atom is -0.356 e. The van der Waals surface area contributed by atoms with Gasteiger partial charge in [0.15, 0.2) is 0 Å². The maximum atomic E-state index is 12.1. The van der Waals surface area contributed by atoms with E-state index in [2.05, 4.69) is 30.5 Å². The highest BCUT2D eigenvalue weighted by Crippen LogP contribution is 2.28. The van der Waals surface area contributed by atoms with E-state index in [1.54, 1.807) is 31.4 Å². The van der Waals surface area contributed by atoms with Crippen LogP contribution in [0.4, 0.5) is 5.82 Å². The minimum absolute atomic E-state index is 0.0296. The van der Waals surface area contributed by atoms with Crippen LogP contribution in [0, 0.1) is 0 Å². The van der Waals surface area contributed by atoms with E-state index in [9.17, 15) is 4.79 Å². The molecule has 0 bridgehead atoms. The third-order valence-electron chi connectivity index (χ3n) is 5.33. The molecule has 0 aliphatic carbocycles. The molecule has 1 aliphatic rings. The Morgan fingerprint density at radius 1 is 1.17 bits per heavy atom. The van der Waals surface area contributed by atoms with E-state index in [-0.39, 0.29) is 5.91 Å². The molecule has 3 aromatic rings. The van der Waals surface area contributed by atoms with E-state index in [1.807, 2.05) is 36.8 Å². The molecular formula is C22H26N6O. The third kappa shape index (κ3) is 4.29. The zero-order chi connectivity index (χ0) is 20.2. The van der Waals surface area contributed by atoms with Crippen LogP contribution < -0.4 is 4.90 Å². The van der Waals surface area contributed by atoms with Gasteiger partial charge in [0.25, 0.3) is 5.91 Å². The maximum absolute atomic E-state index is 12.1. The van der Waals surface area contributed by atoms with Crippen LogP contribution in [0.3, 0.4) is 0 Å². The summed E-state index contributed by atoms with van der Waals surface area (Å²) in [6.07, 6.45) is 11.5. The first kappa shape index (κ1) is 19.1. The predicted molar refractivity (Wildman–Crippen MR) is 112 cm³/mol. The first-order valence-corrected chi connectivity index (χ1v) is 9.94. The molecule has 1 amide bonds. The first-order chi connectivity index (χ1) is 14.1. The second kappa shape index (κ2) is 8.43. The van der Waals surface area contributed by atoms with E-state index in [0.29, 0.717) is 11.5 Å². The molecule has 1 atom stereocenters. The number of rotatable bonds is 5. The Kier molecular flexibility index (Phi) is 5.55. The summed E-state index contributed by atoms with van der Waals surface area (Å²) in [5, 5.41) is 0. The highest BCUT2D eigenvalue weighted by atomic mass is 16.2. The smallest absolute Gasteiger partial charge is 0.254 e. The molecule has 150 valence electrons. The molecule has 7 heteroatoms. The predicted octanol–water partition coefficient (Wildman–Crippen LogP) is 2.81. The number of amides is 1. The van der Waals surface area contributed by atoms with Gasteiger partial charge in [-0.05, 0) is 36.6 Å². The van der Waals surface area contributed by atoms with Gasteiger partial charge in [-0.25, -0.2) is 9.97 Å². The molecule has 4 rings (SSSR count). The van der Waals surface area contributed by atoms with E-state index < -0.39 is 0 Å². The molecule has 0 saturated carbocycles. The van der Waals surface area contributed by atoms with Gasteiger partial charge in [-0.15, -0.1) is 0 Å². The molecule has 7 nitrogen and oxygen atoms in total. The number of imidazole rings is 1. The van der Waals surface area contributed by atoms with Crippen LogP contribution >= 0.6 is 0 Å². The van der Waals surface area contributed by atoms with Crippen molar-refractivity contribution in [3.05, 3.63) is 72.2 Å². The van der Waals surface area contributed by atoms with Crippen LogP contribution in [0.25, 0.3) is 0 Å². The fourth-order valence-corrected chi connectivity index (χ4v) is 3.86. The third-order valence-corrected chi connectivity index (χ3v) is 5.33. The number of hydrogen-bond acceptors (Lipinski definition) is 5. The monoisotopic (exact) mass is 390 g/mol. The molecule has 0 radical (unpaired) electrons. The largest absolute Gasteiger partial charge is 0.356 e. The summed E-state index contributed by atoms with van der Waals surface area (Å²) in [5.41, 5.74) is 1.78. The molecule has 1 unspecified atom stereocenters. The molecule has 1 saturated heterocycles. The lowest BCUT2D eigenvalue weighted by molar-refractivity contribution is 0.0827. The van der Waals surface area contributed by atoms with Gasteiger partial charge in [0.2, 0.25) is 0 Å². The summed E-state index contributed by atoms with van der Waals surface area (Å²) in [6.45, 7) is 2.62. The van der Waals surface area contributed by atoms with Crippen LogP contribution in [-0.2, 0) is 6.54 Å². The average Bonchev–Trinajstić information content (AvgIpc) is 3.22. The number of anilines is 1. The van der Waals surface area contributed by atoms with E-state index in [4.69, 9.17) is 0 Å². The summed E-state index contributed by atoms with van der Waals surface area (Å²) < 4.78 is 2.22. The van der Waals surface area contributed by atoms with Gasteiger partial charge in [0.1, 0.15) is 11.6 Å². The van der Waals surface area contributed by atoms with Crippen molar-refractivity contribution >= 4 is 11.7 Å². The number of nitrogens with zero attached hydrogens (tertiary/aromatic N) is 6.